The molecule has 2 amide bonds. The SMILES string of the molecule is CCOC(=O)N1C2CC[C@@H]1CC(N1CCC3(CC1)CC(=O)N(O)C3)C2. The Morgan fingerprint density at radius 1 is 1.20 bits per heavy atom. The molecule has 2 bridgehead atoms. The Morgan fingerprint density at radius 2 is 1.84 bits per heavy atom. The second-order valence-corrected chi connectivity index (χ2v) is 8.28. The maximum Gasteiger partial charge on any atom is 0.410 e. The first-order valence-corrected chi connectivity index (χ1v) is 9.70. The van der Waals surface area contributed by atoms with Crippen LogP contribution in [0.15, 0.2) is 0 Å². The molecule has 2 unspecified atom stereocenters. The standard InChI is InChI=1S/C18H29N3O4/c1-2-25-17(23)21-13-3-4-14(21)10-15(9-13)19-7-5-18(6-8-19)11-16(22)20(24)12-18/h13-15,24H,2-12H2,1H3/t13-,14?,15?/m1/s1. The predicted molar refractivity (Wildman–Crippen MR) is 90.0 cm³/mol. The number of carbonyl (C=O) groups is 2. The number of amides is 2. The van der Waals surface area contributed by atoms with Gasteiger partial charge in [-0.3, -0.25) is 10.0 Å². The molecule has 0 aliphatic carbocycles. The second kappa shape index (κ2) is 6.43. The molecule has 4 aliphatic rings. The lowest BCUT2D eigenvalue weighted by Gasteiger charge is -2.46. The molecule has 0 aromatic carbocycles. The topological polar surface area (TPSA) is 73.3 Å². The van der Waals surface area contributed by atoms with Crippen LogP contribution in [0.3, 0.4) is 0 Å². The average Bonchev–Trinajstić information content (AvgIpc) is 3.01. The zero-order chi connectivity index (χ0) is 17.6. The minimum atomic E-state index is -0.140. The first kappa shape index (κ1) is 17.1. The molecule has 0 aromatic rings. The molecule has 4 rings (SSSR count). The number of likely N-dealkylation sites (tertiary alicyclic amines) is 1. The molecule has 0 radical (unpaired) electrons. The van der Waals surface area contributed by atoms with Crippen molar-refractivity contribution in [2.24, 2.45) is 5.41 Å². The van der Waals surface area contributed by atoms with Crippen molar-refractivity contribution in [2.75, 3.05) is 26.2 Å². The zero-order valence-corrected chi connectivity index (χ0v) is 15.0. The van der Waals surface area contributed by atoms with Crippen molar-refractivity contribution >= 4 is 12.0 Å². The monoisotopic (exact) mass is 351 g/mol. The fourth-order valence-electron chi connectivity index (χ4n) is 5.51. The molecule has 4 saturated heterocycles. The minimum absolute atomic E-state index is 0.0209. The summed E-state index contributed by atoms with van der Waals surface area (Å²) in [6.45, 7) is 4.77. The predicted octanol–water partition coefficient (Wildman–Crippen LogP) is 1.84. The number of hydrogen-bond acceptors (Lipinski definition) is 5. The maximum absolute atomic E-state index is 12.2. The van der Waals surface area contributed by atoms with E-state index in [4.69, 9.17) is 4.74 Å². The van der Waals surface area contributed by atoms with Crippen LogP contribution in [-0.4, -0.2) is 76.4 Å². The van der Waals surface area contributed by atoms with Crippen molar-refractivity contribution in [3.05, 3.63) is 0 Å². The van der Waals surface area contributed by atoms with Crippen molar-refractivity contribution in [1.29, 1.82) is 0 Å². The lowest BCUT2D eigenvalue weighted by Crippen LogP contribution is -2.54. The van der Waals surface area contributed by atoms with Crippen LogP contribution in [0.1, 0.15) is 51.9 Å². The summed E-state index contributed by atoms with van der Waals surface area (Å²) in [5.41, 5.74) is -0.0209. The van der Waals surface area contributed by atoms with Gasteiger partial charge in [0.15, 0.2) is 0 Å². The fourth-order valence-corrected chi connectivity index (χ4v) is 5.51. The van der Waals surface area contributed by atoms with Gasteiger partial charge in [-0.05, 0) is 58.5 Å². The number of piperidine rings is 2. The third kappa shape index (κ3) is 3.01. The molecule has 7 heteroatoms. The number of hydrogen-bond donors (Lipinski definition) is 1. The van der Waals surface area contributed by atoms with Gasteiger partial charge >= 0.3 is 6.09 Å². The molecular formula is C18H29N3O4. The van der Waals surface area contributed by atoms with E-state index in [9.17, 15) is 14.8 Å². The van der Waals surface area contributed by atoms with Gasteiger partial charge in [-0.1, -0.05) is 0 Å². The van der Waals surface area contributed by atoms with E-state index in [2.05, 4.69) is 4.90 Å². The van der Waals surface area contributed by atoms with Gasteiger partial charge in [-0.15, -0.1) is 0 Å². The molecule has 0 aromatic heterocycles. The van der Waals surface area contributed by atoms with E-state index in [1.54, 1.807) is 0 Å². The zero-order valence-electron chi connectivity index (χ0n) is 15.0. The summed E-state index contributed by atoms with van der Waals surface area (Å²) in [6.07, 6.45) is 6.55. The molecule has 4 heterocycles. The van der Waals surface area contributed by atoms with Crippen molar-refractivity contribution in [3.8, 4) is 0 Å². The van der Waals surface area contributed by atoms with E-state index in [0.29, 0.717) is 37.7 Å². The highest BCUT2D eigenvalue weighted by Gasteiger charge is 2.49. The van der Waals surface area contributed by atoms with E-state index < -0.39 is 0 Å². The molecule has 7 nitrogen and oxygen atoms in total. The van der Waals surface area contributed by atoms with Gasteiger partial charge in [0.1, 0.15) is 0 Å². The van der Waals surface area contributed by atoms with Crippen LogP contribution in [0.4, 0.5) is 4.79 Å². The summed E-state index contributed by atoms with van der Waals surface area (Å²) < 4.78 is 5.24. The Morgan fingerprint density at radius 3 is 2.36 bits per heavy atom. The summed E-state index contributed by atoms with van der Waals surface area (Å²) >= 11 is 0. The van der Waals surface area contributed by atoms with E-state index >= 15 is 0 Å². The van der Waals surface area contributed by atoms with E-state index in [0.717, 1.165) is 56.7 Å². The number of fused-ring (bicyclic) bond motifs is 2. The first-order valence-electron chi connectivity index (χ1n) is 9.70. The summed E-state index contributed by atoms with van der Waals surface area (Å²) in [5.74, 6) is -0.130. The minimum Gasteiger partial charge on any atom is -0.450 e. The lowest BCUT2D eigenvalue weighted by atomic mass is 9.77. The molecular weight excluding hydrogens is 322 g/mol. The summed E-state index contributed by atoms with van der Waals surface area (Å²) in [6, 6.07) is 1.17. The van der Waals surface area contributed by atoms with Gasteiger partial charge in [0.2, 0.25) is 5.91 Å². The molecule has 1 spiro atoms. The highest BCUT2D eigenvalue weighted by Crippen LogP contribution is 2.43. The maximum atomic E-state index is 12.2. The average molecular weight is 351 g/mol. The molecule has 4 fully saturated rings. The van der Waals surface area contributed by atoms with Crippen molar-refractivity contribution in [3.63, 3.8) is 0 Å². The number of rotatable bonds is 2. The van der Waals surface area contributed by atoms with Gasteiger partial charge in [-0.25, -0.2) is 9.86 Å². The van der Waals surface area contributed by atoms with Crippen LogP contribution in [0, 0.1) is 5.41 Å². The number of hydroxylamine groups is 2. The van der Waals surface area contributed by atoms with Gasteiger partial charge < -0.3 is 14.5 Å². The third-order valence-electron chi connectivity index (χ3n) is 6.86. The Kier molecular flexibility index (Phi) is 4.40. The Labute approximate surface area is 148 Å². The second-order valence-electron chi connectivity index (χ2n) is 8.28. The Balaban J connectivity index is 1.35. The van der Waals surface area contributed by atoms with Crippen LogP contribution < -0.4 is 0 Å². The van der Waals surface area contributed by atoms with E-state index in [-0.39, 0.29) is 17.4 Å². The van der Waals surface area contributed by atoms with Crippen LogP contribution in [-0.2, 0) is 9.53 Å². The highest BCUT2D eigenvalue weighted by molar-refractivity contribution is 5.78. The van der Waals surface area contributed by atoms with E-state index in [1.807, 2.05) is 11.8 Å². The van der Waals surface area contributed by atoms with Gasteiger partial charge in [0, 0.05) is 30.0 Å². The van der Waals surface area contributed by atoms with Crippen molar-refractivity contribution in [1.82, 2.24) is 14.9 Å². The van der Waals surface area contributed by atoms with Gasteiger partial charge in [0.25, 0.3) is 0 Å². The summed E-state index contributed by atoms with van der Waals surface area (Å²) in [7, 11) is 0. The fraction of sp³-hybridized carbons (Fsp3) is 0.889. The summed E-state index contributed by atoms with van der Waals surface area (Å²) in [5, 5.41) is 10.6. The normalized spacial score (nSPS) is 34.8. The molecule has 1 N–H and O–H groups in total. The Bertz CT molecular complexity index is 532. The number of ether oxygens (including phenoxy) is 1. The molecule has 140 valence electrons. The van der Waals surface area contributed by atoms with Gasteiger partial charge in [-0.2, -0.15) is 0 Å². The van der Waals surface area contributed by atoms with Crippen molar-refractivity contribution in [2.45, 2.75) is 70.0 Å². The van der Waals surface area contributed by atoms with Crippen LogP contribution in [0.5, 0.6) is 0 Å². The van der Waals surface area contributed by atoms with Crippen LogP contribution >= 0.6 is 0 Å². The number of carbonyl (C=O) groups excluding carboxylic acids is 2. The lowest BCUT2D eigenvalue weighted by molar-refractivity contribution is -0.158. The molecule has 3 atom stereocenters. The van der Waals surface area contributed by atoms with Crippen LogP contribution in [0.2, 0.25) is 0 Å². The molecule has 4 aliphatic heterocycles. The molecule has 25 heavy (non-hydrogen) atoms. The highest BCUT2D eigenvalue weighted by atomic mass is 16.6. The first-order chi connectivity index (χ1) is 12.0. The Hall–Kier alpha value is -1.34. The van der Waals surface area contributed by atoms with Crippen LogP contribution in [0.25, 0.3) is 0 Å². The third-order valence-corrected chi connectivity index (χ3v) is 6.86. The number of nitrogens with zero attached hydrogens (tertiary/aromatic N) is 3. The smallest absolute Gasteiger partial charge is 0.410 e. The summed E-state index contributed by atoms with van der Waals surface area (Å²) in [4.78, 5) is 28.4. The van der Waals surface area contributed by atoms with Gasteiger partial charge in [0.05, 0.1) is 13.2 Å². The quantitative estimate of drug-likeness (QED) is 0.769. The molecule has 0 saturated carbocycles. The largest absolute Gasteiger partial charge is 0.450 e. The van der Waals surface area contributed by atoms with E-state index in [1.165, 1.54) is 0 Å². The van der Waals surface area contributed by atoms with Crippen molar-refractivity contribution < 1.29 is 19.5 Å².